The number of nitrogens with two attached hydrogens (primary N) is 2. The molecule has 0 aliphatic heterocycles. The van der Waals surface area contributed by atoms with Crippen LogP contribution in [0.1, 0.15) is 5.56 Å². The van der Waals surface area contributed by atoms with E-state index in [1.807, 2.05) is 36.4 Å². The van der Waals surface area contributed by atoms with Gasteiger partial charge in [0.25, 0.3) is 0 Å². The number of phenolic OH excluding ortho intramolecular Hbond substituents is 1. The molecule has 0 amide bonds. The van der Waals surface area contributed by atoms with E-state index in [0.29, 0.717) is 11.5 Å². The number of sulfonamides is 2. The standard InChI is InChI=1S/C12H10BrNO3S.C8H9BrO.C6H7NO3S/c13-9-1-3-10(4-2-9)17-11-5-7-12(8-6-11)18(14,15)16;9-8-3-1-7(2-4-8)5-6-10;7-11(9,10)6-3-1-5(8)2-4-6/h1-8H,(H2,14,15,16);1-4,10H,5-6H2;1-4,8H,(H2,7,9,10). The molecule has 0 bridgehead atoms. The summed E-state index contributed by atoms with van der Waals surface area (Å²) in [5.41, 5.74) is 1.17. The number of aromatic hydroxyl groups is 1. The Morgan fingerprint density at radius 1 is 0.615 bits per heavy atom. The van der Waals surface area contributed by atoms with Crippen molar-refractivity contribution >= 4 is 51.9 Å². The van der Waals surface area contributed by atoms with Gasteiger partial charge in [-0.25, -0.2) is 27.1 Å². The van der Waals surface area contributed by atoms with Crippen LogP contribution in [0.25, 0.3) is 0 Å². The van der Waals surface area contributed by atoms with Gasteiger partial charge < -0.3 is 14.9 Å². The van der Waals surface area contributed by atoms with Crippen molar-refractivity contribution in [3.63, 3.8) is 0 Å². The summed E-state index contributed by atoms with van der Waals surface area (Å²) in [7, 11) is -7.29. The molecule has 4 rings (SSSR count). The molecule has 0 aliphatic carbocycles. The number of halogens is 2. The lowest BCUT2D eigenvalue weighted by molar-refractivity contribution is 0.299. The lowest BCUT2D eigenvalue weighted by Crippen LogP contribution is -2.11. The van der Waals surface area contributed by atoms with Crippen molar-refractivity contribution in [1.29, 1.82) is 0 Å². The Morgan fingerprint density at radius 2 is 0.974 bits per heavy atom. The first kappa shape index (κ1) is 32.4. The van der Waals surface area contributed by atoms with Crippen molar-refractivity contribution in [1.82, 2.24) is 0 Å². The molecule has 39 heavy (non-hydrogen) atoms. The molecule has 0 atom stereocenters. The van der Waals surface area contributed by atoms with Gasteiger partial charge in [-0.1, -0.05) is 44.0 Å². The first-order valence-corrected chi connectivity index (χ1v) is 15.7. The van der Waals surface area contributed by atoms with Gasteiger partial charge in [0.1, 0.15) is 17.2 Å². The quantitative estimate of drug-likeness (QED) is 0.221. The predicted octanol–water partition coefficient (Wildman–Crippen LogP) is 4.91. The molecule has 0 spiro atoms. The minimum atomic E-state index is -3.66. The zero-order valence-corrected chi connectivity index (χ0v) is 25.1. The smallest absolute Gasteiger partial charge is 0.238 e. The van der Waals surface area contributed by atoms with E-state index in [1.54, 1.807) is 24.3 Å². The third-order valence-corrected chi connectivity index (χ3v) is 7.60. The predicted molar refractivity (Wildman–Crippen MR) is 156 cm³/mol. The van der Waals surface area contributed by atoms with E-state index in [9.17, 15) is 16.8 Å². The second-order valence-corrected chi connectivity index (χ2v) is 12.7. The minimum absolute atomic E-state index is 0.00435. The molecular weight excluding hydrogens is 676 g/mol. The number of primary sulfonamides is 2. The molecule has 4 aromatic rings. The summed E-state index contributed by atoms with van der Waals surface area (Å²) in [5.74, 6) is 1.23. The first-order chi connectivity index (χ1) is 18.3. The molecule has 0 fully saturated rings. The van der Waals surface area contributed by atoms with Gasteiger partial charge in [0.2, 0.25) is 20.0 Å². The molecule has 0 aliphatic rings. The van der Waals surface area contributed by atoms with Crippen LogP contribution in [0.15, 0.2) is 116 Å². The van der Waals surface area contributed by atoms with E-state index >= 15 is 0 Å². The molecule has 6 N–H and O–H groups in total. The first-order valence-electron chi connectivity index (χ1n) is 11.0. The number of rotatable bonds is 6. The maximum atomic E-state index is 11.1. The highest BCUT2D eigenvalue weighted by molar-refractivity contribution is 9.10. The third kappa shape index (κ3) is 12.3. The molecule has 0 saturated carbocycles. The highest BCUT2D eigenvalue weighted by atomic mass is 79.9. The van der Waals surface area contributed by atoms with Gasteiger partial charge in [-0.2, -0.15) is 0 Å². The number of hydrogen-bond acceptors (Lipinski definition) is 7. The number of benzene rings is 4. The van der Waals surface area contributed by atoms with E-state index in [0.717, 1.165) is 15.4 Å². The van der Waals surface area contributed by atoms with Crippen LogP contribution >= 0.6 is 31.9 Å². The molecule has 0 heterocycles. The number of aliphatic hydroxyl groups excluding tert-OH is 1. The number of hydrogen-bond donors (Lipinski definition) is 4. The van der Waals surface area contributed by atoms with Crippen molar-refractivity contribution in [2.24, 2.45) is 10.3 Å². The molecular formula is C26H26Br2N2O7S2. The van der Waals surface area contributed by atoms with E-state index in [4.69, 9.17) is 25.2 Å². The van der Waals surface area contributed by atoms with Crippen LogP contribution in [0.3, 0.4) is 0 Å². The number of phenols is 1. The maximum absolute atomic E-state index is 11.1. The molecule has 4 aromatic carbocycles. The maximum Gasteiger partial charge on any atom is 0.238 e. The normalized spacial score (nSPS) is 10.9. The molecule has 0 unspecified atom stereocenters. The van der Waals surface area contributed by atoms with Gasteiger partial charge in [0.15, 0.2) is 0 Å². The van der Waals surface area contributed by atoms with Crippen LogP contribution in [0.2, 0.25) is 0 Å². The Hall–Kier alpha value is -2.78. The molecule has 208 valence electrons. The Bertz CT molecular complexity index is 1530. The third-order valence-electron chi connectivity index (χ3n) is 4.68. The lowest BCUT2D eigenvalue weighted by Gasteiger charge is -2.06. The molecule has 0 radical (unpaired) electrons. The number of aliphatic hydroxyl groups is 1. The van der Waals surface area contributed by atoms with Crippen molar-refractivity contribution in [3.05, 3.63) is 112 Å². The van der Waals surface area contributed by atoms with Crippen molar-refractivity contribution < 1.29 is 31.8 Å². The SMILES string of the molecule is NS(=O)(=O)c1ccc(O)cc1.NS(=O)(=O)c1ccc(Oc2ccc(Br)cc2)cc1.OCCc1ccc(Br)cc1. The van der Waals surface area contributed by atoms with Crippen LogP contribution < -0.4 is 15.0 Å². The van der Waals surface area contributed by atoms with Gasteiger partial charge in [0.05, 0.1) is 9.79 Å². The fraction of sp³-hybridized carbons (Fsp3) is 0.0769. The average molecular weight is 702 g/mol. The molecule has 9 nitrogen and oxygen atoms in total. The second-order valence-electron chi connectivity index (χ2n) is 7.71. The van der Waals surface area contributed by atoms with Gasteiger partial charge in [-0.05, 0) is 96.9 Å². The summed E-state index contributed by atoms with van der Waals surface area (Å²) in [4.78, 5) is 0.0564. The average Bonchev–Trinajstić information content (AvgIpc) is 2.87. The molecule has 13 heteroatoms. The summed E-state index contributed by atoms with van der Waals surface area (Å²) in [5, 5.41) is 27.2. The topological polar surface area (TPSA) is 170 Å². The van der Waals surface area contributed by atoms with Gasteiger partial charge in [-0.15, -0.1) is 0 Å². The van der Waals surface area contributed by atoms with Gasteiger partial charge >= 0.3 is 0 Å². The van der Waals surface area contributed by atoms with E-state index in [-0.39, 0.29) is 22.1 Å². The highest BCUT2D eigenvalue weighted by Gasteiger charge is 2.07. The van der Waals surface area contributed by atoms with E-state index in [1.165, 1.54) is 42.0 Å². The van der Waals surface area contributed by atoms with Gasteiger partial charge in [-0.3, -0.25) is 0 Å². The zero-order chi connectivity index (χ0) is 29.1. The van der Waals surface area contributed by atoms with Crippen molar-refractivity contribution in [2.75, 3.05) is 6.61 Å². The largest absolute Gasteiger partial charge is 0.508 e. The summed E-state index contributed by atoms with van der Waals surface area (Å²) in [6, 6.07) is 26.2. The van der Waals surface area contributed by atoms with Gasteiger partial charge in [0, 0.05) is 15.6 Å². The molecule has 0 aromatic heterocycles. The van der Waals surface area contributed by atoms with Crippen molar-refractivity contribution in [3.8, 4) is 17.2 Å². The Morgan fingerprint density at radius 3 is 1.36 bits per heavy atom. The Balaban J connectivity index is 0.000000219. The van der Waals surface area contributed by atoms with Crippen LogP contribution in [-0.4, -0.2) is 33.7 Å². The monoisotopic (exact) mass is 700 g/mol. The number of ether oxygens (including phenoxy) is 1. The van der Waals surface area contributed by atoms with Crippen LogP contribution in [-0.2, 0) is 26.5 Å². The van der Waals surface area contributed by atoms with E-state index < -0.39 is 20.0 Å². The zero-order valence-electron chi connectivity index (χ0n) is 20.3. The fourth-order valence-corrected chi connectivity index (χ4v) is 4.31. The van der Waals surface area contributed by atoms with Crippen molar-refractivity contribution in [2.45, 2.75) is 16.2 Å². The second kappa shape index (κ2) is 15.1. The summed E-state index contributed by atoms with van der Waals surface area (Å²) >= 11 is 6.66. The summed E-state index contributed by atoms with van der Waals surface area (Å²) < 4.78 is 51.0. The Kier molecular flexibility index (Phi) is 12.6. The van der Waals surface area contributed by atoms with E-state index in [2.05, 4.69) is 31.9 Å². The Labute approximate surface area is 244 Å². The minimum Gasteiger partial charge on any atom is -0.508 e. The molecule has 0 saturated heterocycles. The van der Waals surface area contributed by atoms with Crippen LogP contribution in [0.5, 0.6) is 17.2 Å². The summed E-state index contributed by atoms with van der Waals surface area (Å²) in [6.45, 7) is 0.224. The summed E-state index contributed by atoms with van der Waals surface area (Å²) in [6.07, 6.45) is 0.743. The van der Waals surface area contributed by atoms with Crippen LogP contribution in [0.4, 0.5) is 0 Å². The lowest BCUT2D eigenvalue weighted by atomic mass is 10.2. The fourth-order valence-electron chi connectivity index (χ4n) is 2.75. The van der Waals surface area contributed by atoms with Crippen LogP contribution in [0, 0.1) is 0 Å². The highest BCUT2D eigenvalue weighted by Crippen LogP contribution is 2.24.